The Balaban J connectivity index is 2.33. The van der Waals surface area contributed by atoms with E-state index in [9.17, 15) is 9.59 Å². The van der Waals surface area contributed by atoms with E-state index < -0.39 is 11.4 Å². The molecule has 1 aromatic heterocycles. The standard InChI is InChI=1S/C15H21N3O3/c1-11-12(5-3-7-17-11)14(20)18-8-4-6-15(18,10-21-2)9-13(16)19/h3,5,7H,4,6,8-10H2,1-2H3,(H2,16,19)/t15-/m1/s1. The lowest BCUT2D eigenvalue weighted by Crippen LogP contribution is -2.52. The van der Waals surface area contributed by atoms with E-state index in [0.717, 1.165) is 12.8 Å². The lowest BCUT2D eigenvalue weighted by Gasteiger charge is -2.37. The van der Waals surface area contributed by atoms with Crippen LogP contribution in [0.3, 0.4) is 0 Å². The highest BCUT2D eigenvalue weighted by molar-refractivity contribution is 5.96. The first-order valence-corrected chi connectivity index (χ1v) is 7.01. The van der Waals surface area contributed by atoms with E-state index >= 15 is 0 Å². The Morgan fingerprint density at radius 1 is 1.52 bits per heavy atom. The highest BCUT2D eigenvalue weighted by Gasteiger charge is 2.45. The second-order valence-corrected chi connectivity index (χ2v) is 5.50. The van der Waals surface area contributed by atoms with Crippen LogP contribution in [-0.2, 0) is 9.53 Å². The number of methoxy groups -OCH3 is 1. The number of nitrogens with zero attached hydrogens (tertiary/aromatic N) is 2. The third kappa shape index (κ3) is 3.05. The summed E-state index contributed by atoms with van der Waals surface area (Å²) >= 11 is 0. The van der Waals surface area contributed by atoms with Gasteiger partial charge in [0.25, 0.3) is 5.91 Å². The van der Waals surface area contributed by atoms with Crippen molar-refractivity contribution in [3.8, 4) is 0 Å². The number of ether oxygens (including phenoxy) is 1. The molecule has 0 unspecified atom stereocenters. The summed E-state index contributed by atoms with van der Waals surface area (Å²) in [5.74, 6) is -0.536. The second-order valence-electron chi connectivity index (χ2n) is 5.50. The Labute approximate surface area is 124 Å². The highest BCUT2D eigenvalue weighted by atomic mass is 16.5. The molecule has 0 saturated carbocycles. The van der Waals surface area contributed by atoms with Crippen LogP contribution >= 0.6 is 0 Å². The quantitative estimate of drug-likeness (QED) is 0.873. The van der Waals surface area contributed by atoms with E-state index in [4.69, 9.17) is 10.5 Å². The van der Waals surface area contributed by atoms with E-state index in [2.05, 4.69) is 4.98 Å². The van der Waals surface area contributed by atoms with Crippen molar-refractivity contribution in [1.29, 1.82) is 0 Å². The summed E-state index contributed by atoms with van der Waals surface area (Å²) in [7, 11) is 1.57. The summed E-state index contributed by atoms with van der Waals surface area (Å²) in [5, 5.41) is 0. The molecule has 114 valence electrons. The molecule has 0 aliphatic carbocycles. The van der Waals surface area contributed by atoms with E-state index in [1.165, 1.54) is 0 Å². The number of hydrogen-bond acceptors (Lipinski definition) is 4. The van der Waals surface area contributed by atoms with Crippen LogP contribution < -0.4 is 5.73 Å². The smallest absolute Gasteiger partial charge is 0.256 e. The van der Waals surface area contributed by atoms with Crippen LogP contribution in [-0.4, -0.2) is 47.5 Å². The molecule has 21 heavy (non-hydrogen) atoms. The Morgan fingerprint density at radius 3 is 2.90 bits per heavy atom. The first kappa shape index (κ1) is 15.4. The molecule has 1 aliphatic rings. The van der Waals surface area contributed by atoms with E-state index in [-0.39, 0.29) is 12.3 Å². The molecule has 1 saturated heterocycles. The number of aryl methyl sites for hydroxylation is 1. The summed E-state index contributed by atoms with van der Waals surface area (Å²) in [5.41, 5.74) is 5.97. The number of nitrogens with two attached hydrogens (primary N) is 1. The fraction of sp³-hybridized carbons (Fsp3) is 0.533. The van der Waals surface area contributed by atoms with E-state index in [1.807, 2.05) is 0 Å². The van der Waals surface area contributed by atoms with Crippen molar-refractivity contribution in [2.45, 2.75) is 31.7 Å². The molecule has 1 atom stereocenters. The maximum Gasteiger partial charge on any atom is 0.256 e. The van der Waals surface area contributed by atoms with Crippen LogP contribution in [0.4, 0.5) is 0 Å². The SMILES string of the molecule is COC[C@]1(CC(N)=O)CCCN1C(=O)c1cccnc1C. The number of aromatic nitrogens is 1. The Morgan fingerprint density at radius 2 is 2.29 bits per heavy atom. The zero-order valence-corrected chi connectivity index (χ0v) is 12.5. The number of amides is 2. The minimum absolute atomic E-state index is 0.114. The number of primary amides is 1. The maximum absolute atomic E-state index is 12.8. The van der Waals surface area contributed by atoms with Crippen LogP contribution in [0.15, 0.2) is 18.3 Å². The summed E-state index contributed by atoms with van der Waals surface area (Å²) in [4.78, 5) is 30.1. The maximum atomic E-state index is 12.8. The molecule has 2 rings (SSSR count). The molecule has 1 fully saturated rings. The fourth-order valence-electron chi connectivity index (χ4n) is 3.09. The average molecular weight is 291 g/mol. The number of hydrogen-bond donors (Lipinski definition) is 1. The number of carbonyl (C=O) groups excluding carboxylic acids is 2. The van der Waals surface area contributed by atoms with Gasteiger partial charge in [0.05, 0.1) is 24.1 Å². The van der Waals surface area contributed by atoms with Gasteiger partial charge < -0.3 is 15.4 Å². The molecule has 2 heterocycles. The molecule has 6 nitrogen and oxygen atoms in total. The molecule has 0 radical (unpaired) electrons. The molecular formula is C15H21N3O3. The lowest BCUT2D eigenvalue weighted by molar-refractivity contribution is -0.121. The fourth-order valence-corrected chi connectivity index (χ4v) is 3.09. The molecule has 1 aromatic rings. The molecule has 0 bridgehead atoms. The van der Waals surface area contributed by atoms with Crippen LogP contribution in [0.5, 0.6) is 0 Å². The first-order chi connectivity index (χ1) is 10.00. The molecule has 0 aromatic carbocycles. The van der Waals surface area contributed by atoms with Gasteiger partial charge >= 0.3 is 0 Å². The van der Waals surface area contributed by atoms with Crippen molar-refractivity contribution in [2.75, 3.05) is 20.3 Å². The largest absolute Gasteiger partial charge is 0.382 e. The zero-order chi connectivity index (χ0) is 15.5. The van der Waals surface area contributed by atoms with Crippen molar-refractivity contribution in [1.82, 2.24) is 9.88 Å². The lowest BCUT2D eigenvalue weighted by atomic mass is 9.91. The molecule has 2 N–H and O–H groups in total. The molecule has 0 spiro atoms. The molecular weight excluding hydrogens is 270 g/mol. The van der Waals surface area contributed by atoms with Gasteiger partial charge in [0.1, 0.15) is 0 Å². The van der Waals surface area contributed by atoms with Crippen molar-refractivity contribution in [3.05, 3.63) is 29.6 Å². The van der Waals surface area contributed by atoms with Crippen molar-refractivity contribution in [2.24, 2.45) is 5.73 Å². The van der Waals surface area contributed by atoms with Crippen LogP contribution in [0.1, 0.15) is 35.3 Å². The Hall–Kier alpha value is -1.95. The third-order valence-electron chi connectivity index (χ3n) is 4.00. The number of carbonyl (C=O) groups is 2. The van der Waals surface area contributed by atoms with Gasteiger partial charge in [-0.15, -0.1) is 0 Å². The summed E-state index contributed by atoms with van der Waals surface area (Å²) in [6, 6.07) is 3.49. The third-order valence-corrected chi connectivity index (χ3v) is 4.00. The zero-order valence-electron chi connectivity index (χ0n) is 12.5. The number of pyridine rings is 1. The first-order valence-electron chi connectivity index (χ1n) is 7.01. The van der Waals surface area contributed by atoms with Crippen molar-refractivity contribution in [3.63, 3.8) is 0 Å². The van der Waals surface area contributed by atoms with Crippen molar-refractivity contribution < 1.29 is 14.3 Å². The van der Waals surface area contributed by atoms with Gasteiger partial charge in [0, 0.05) is 25.5 Å². The minimum Gasteiger partial charge on any atom is -0.382 e. The summed E-state index contributed by atoms with van der Waals surface area (Å²) in [6.45, 7) is 2.71. The van der Waals surface area contributed by atoms with E-state index in [1.54, 1.807) is 37.3 Å². The summed E-state index contributed by atoms with van der Waals surface area (Å²) < 4.78 is 5.26. The topological polar surface area (TPSA) is 85.5 Å². The van der Waals surface area contributed by atoms with Gasteiger partial charge in [-0.3, -0.25) is 14.6 Å². The predicted molar refractivity (Wildman–Crippen MR) is 77.7 cm³/mol. The van der Waals surface area contributed by atoms with Crippen molar-refractivity contribution >= 4 is 11.8 Å². The highest BCUT2D eigenvalue weighted by Crippen LogP contribution is 2.34. The molecule has 1 aliphatic heterocycles. The van der Waals surface area contributed by atoms with Gasteiger partial charge in [-0.2, -0.15) is 0 Å². The van der Waals surface area contributed by atoms with Gasteiger partial charge in [-0.25, -0.2) is 0 Å². The van der Waals surface area contributed by atoms with Crippen LogP contribution in [0.25, 0.3) is 0 Å². The Kier molecular flexibility index (Phi) is 4.57. The molecule has 2 amide bonds. The second kappa shape index (κ2) is 6.22. The minimum atomic E-state index is -0.639. The average Bonchev–Trinajstić information content (AvgIpc) is 2.81. The van der Waals surface area contributed by atoms with E-state index in [0.29, 0.717) is 24.4 Å². The van der Waals surface area contributed by atoms with Gasteiger partial charge in [-0.05, 0) is 31.9 Å². The number of likely N-dealkylation sites (tertiary alicyclic amines) is 1. The van der Waals surface area contributed by atoms with Crippen LogP contribution in [0, 0.1) is 6.92 Å². The normalized spacial score (nSPS) is 21.5. The predicted octanol–water partition coefficient (Wildman–Crippen LogP) is 0.887. The van der Waals surface area contributed by atoms with Gasteiger partial charge in [0.15, 0.2) is 0 Å². The van der Waals surface area contributed by atoms with Gasteiger partial charge in [-0.1, -0.05) is 0 Å². The summed E-state index contributed by atoms with van der Waals surface area (Å²) in [6.07, 6.45) is 3.32. The monoisotopic (exact) mass is 291 g/mol. The van der Waals surface area contributed by atoms with Gasteiger partial charge in [0.2, 0.25) is 5.91 Å². The molecule has 6 heteroatoms. The number of rotatable bonds is 5. The van der Waals surface area contributed by atoms with Crippen LogP contribution in [0.2, 0.25) is 0 Å². The Bertz CT molecular complexity index is 547.